The monoisotopic (exact) mass is 483 g/mol. The lowest BCUT2D eigenvalue weighted by atomic mass is 10.1. The third-order valence-electron chi connectivity index (χ3n) is 6.08. The van der Waals surface area contributed by atoms with Crippen molar-refractivity contribution in [3.8, 4) is 0 Å². The lowest BCUT2D eigenvalue weighted by molar-refractivity contribution is 0.435. The Bertz CT molecular complexity index is 1470. The minimum atomic E-state index is -0.434. The Labute approximate surface area is 200 Å². The molecule has 1 aliphatic rings. The summed E-state index contributed by atoms with van der Waals surface area (Å²) in [7, 11) is 1.65. The summed E-state index contributed by atoms with van der Waals surface area (Å²) in [5, 5.41) is 0.909. The van der Waals surface area contributed by atoms with Crippen molar-refractivity contribution < 1.29 is 0 Å². The first-order chi connectivity index (χ1) is 15.8. The minimum Gasteiger partial charge on any atom is -0.338 e. The number of rotatable bonds is 4. The van der Waals surface area contributed by atoms with Gasteiger partial charge in [-0.15, -0.1) is 0 Å². The molecule has 0 fully saturated rings. The number of aryl methyl sites for hydroxylation is 1. The number of hydrogen-bond donors (Lipinski definition) is 0. The Morgan fingerprint density at radius 3 is 2.52 bits per heavy atom. The highest BCUT2D eigenvalue weighted by Gasteiger charge is 2.29. The molecule has 170 valence electrons. The van der Waals surface area contributed by atoms with Crippen LogP contribution >= 0.6 is 23.2 Å². The minimum absolute atomic E-state index is 0.0568. The third kappa shape index (κ3) is 3.85. The quantitative estimate of drug-likeness (QED) is 0.441. The fraction of sp³-hybridized carbons (Fsp3) is 0.292. The molecule has 3 heterocycles. The van der Waals surface area contributed by atoms with Crippen LogP contribution < -0.4 is 16.1 Å². The van der Waals surface area contributed by atoms with Crippen LogP contribution in [0.3, 0.4) is 0 Å². The Morgan fingerprint density at radius 2 is 1.79 bits per heavy atom. The summed E-state index contributed by atoms with van der Waals surface area (Å²) in [6.07, 6.45) is 0. The molecule has 0 unspecified atom stereocenters. The van der Waals surface area contributed by atoms with Crippen molar-refractivity contribution >= 4 is 40.3 Å². The Kier molecular flexibility index (Phi) is 5.54. The summed E-state index contributed by atoms with van der Waals surface area (Å²) in [5.41, 5.74) is 1.83. The van der Waals surface area contributed by atoms with Gasteiger partial charge in [0.05, 0.1) is 6.54 Å². The van der Waals surface area contributed by atoms with Crippen molar-refractivity contribution in [2.75, 3.05) is 11.4 Å². The molecular weight excluding hydrogens is 461 g/mol. The normalized spacial score (nSPS) is 15.8. The second kappa shape index (κ2) is 8.39. The van der Waals surface area contributed by atoms with Crippen molar-refractivity contribution in [3.05, 3.63) is 90.5 Å². The first-order valence-corrected chi connectivity index (χ1v) is 11.5. The van der Waals surface area contributed by atoms with E-state index in [2.05, 4.69) is 24.0 Å². The zero-order valence-corrected chi connectivity index (χ0v) is 19.8. The molecule has 0 radical (unpaired) electrons. The Hall–Kier alpha value is -3.03. The van der Waals surface area contributed by atoms with Crippen LogP contribution in [0.1, 0.15) is 18.1 Å². The zero-order chi connectivity index (χ0) is 23.3. The van der Waals surface area contributed by atoms with Gasteiger partial charge < -0.3 is 9.47 Å². The third-order valence-corrected chi connectivity index (χ3v) is 6.67. The van der Waals surface area contributed by atoms with E-state index in [0.29, 0.717) is 51.7 Å². The molecule has 7 nitrogen and oxygen atoms in total. The van der Waals surface area contributed by atoms with E-state index in [1.807, 2.05) is 22.8 Å². The van der Waals surface area contributed by atoms with Crippen LogP contribution in [0.5, 0.6) is 0 Å². The molecule has 0 saturated heterocycles. The molecule has 1 atom stereocenters. The van der Waals surface area contributed by atoms with Gasteiger partial charge in [-0.05, 0) is 29.2 Å². The summed E-state index contributed by atoms with van der Waals surface area (Å²) in [4.78, 5) is 33.7. The lowest BCUT2D eigenvalue weighted by Crippen LogP contribution is -2.41. The largest absolute Gasteiger partial charge is 0.338 e. The van der Waals surface area contributed by atoms with Gasteiger partial charge in [0.25, 0.3) is 5.56 Å². The van der Waals surface area contributed by atoms with E-state index in [9.17, 15) is 9.59 Å². The van der Waals surface area contributed by atoms with Crippen LogP contribution in [0.4, 0.5) is 5.95 Å². The Balaban J connectivity index is 1.66. The molecule has 33 heavy (non-hydrogen) atoms. The van der Waals surface area contributed by atoms with Crippen LogP contribution in [0.2, 0.25) is 10.0 Å². The number of aromatic nitrogens is 4. The topological polar surface area (TPSA) is 65.1 Å². The summed E-state index contributed by atoms with van der Waals surface area (Å²) >= 11 is 12.3. The van der Waals surface area contributed by atoms with E-state index in [-0.39, 0.29) is 12.1 Å². The number of hydrogen-bond acceptors (Lipinski definition) is 4. The molecule has 0 N–H and O–H groups in total. The predicted octanol–water partition coefficient (Wildman–Crippen LogP) is 3.91. The van der Waals surface area contributed by atoms with Crippen molar-refractivity contribution in [1.29, 1.82) is 0 Å². The first-order valence-electron chi connectivity index (χ1n) is 10.8. The van der Waals surface area contributed by atoms with Crippen LogP contribution in [-0.4, -0.2) is 25.2 Å². The summed E-state index contributed by atoms with van der Waals surface area (Å²) in [5.74, 6) is 1.02. The number of halogens is 2. The number of nitrogens with zero attached hydrogens (tertiary/aromatic N) is 5. The van der Waals surface area contributed by atoms with Gasteiger partial charge in [0.15, 0.2) is 11.2 Å². The van der Waals surface area contributed by atoms with E-state index < -0.39 is 5.69 Å². The molecule has 0 spiro atoms. The van der Waals surface area contributed by atoms with Crippen molar-refractivity contribution in [3.63, 3.8) is 0 Å². The molecular formula is C24H23Cl2N5O2. The van der Waals surface area contributed by atoms with Gasteiger partial charge in [0.1, 0.15) is 0 Å². The van der Waals surface area contributed by atoms with E-state index >= 15 is 0 Å². The van der Waals surface area contributed by atoms with E-state index in [0.717, 1.165) is 12.1 Å². The maximum Gasteiger partial charge on any atom is 0.332 e. The van der Waals surface area contributed by atoms with Crippen LogP contribution in [0.15, 0.2) is 58.1 Å². The average Bonchev–Trinajstić information content (AvgIpc) is 3.17. The summed E-state index contributed by atoms with van der Waals surface area (Å²) < 4.78 is 4.61. The van der Waals surface area contributed by atoms with E-state index in [1.54, 1.807) is 25.2 Å². The van der Waals surface area contributed by atoms with Crippen LogP contribution in [-0.2, 0) is 26.7 Å². The van der Waals surface area contributed by atoms with Crippen LogP contribution in [0, 0.1) is 5.92 Å². The molecule has 5 rings (SSSR count). The van der Waals surface area contributed by atoms with Crippen molar-refractivity contribution in [1.82, 2.24) is 18.7 Å². The number of imidazole rings is 1. The fourth-order valence-electron chi connectivity index (χ4n) is 4.50. The van der Waals surface area contributed by atoms with Gasteiger partial charge in [0.2, 0.25) is 5.95 Å². The highest BCUT2D eigenvalue weighted by molar-refractivity contribution is 6.35. The molecule has 2 aromatic heterocycles. The van der Waals surface area contributed by atoms with Crippen LogP contribution in [0.25, 0.3) is 11.2 Å². The van der Waals surface area contributed by atoms with Gasteiger partial charge in [0, 0.05) is 36.7 Å². The predicted molar refractivity (Wildman–Crippen MR) is 131 cm³/mol. The molecule has 1 aliphatic heterocycles. The maximum atomic E-state index is 13.6. The highest BCUT2D eigenvalue weighted by Crippen LogP contribution is 2.28. The maximum absolute atomic E-state index is 13.6. The highest BCUT2D eigenvalue weighted by atomic mass is 35.5. The van der Waals surface area contributed by atoms with Gasteiger partial charge >= 0.3 is 5.69 Å². The lowest BCUT2D eigenvalue weighted by Gasteiger charge is -2.33. The molecule has 0 saturated carbocycles. The van der Waals surface area contributed by atoms with Gasteiger partial charge in [-0.3, -0.25) is 13.9 Å². The average molecular weight is 484 g/mol. The standard InChI is InChI=1S/C24H23Cl2N5O2/c1-15-11-29(13-16-6-4-3-5-7-16)23-27-21-20(30(23)12-15)22(32)31(24(33)28(21)2)14-17-8-9-18(25)10-19(17)26/h3-10,15H,11-14H2,1-2H3/t15-/m0/s1. The number of fused-ring (bicyclic) bond motifs is 3. The van der Waals surface area contributed by atoms with Gasteiger partial charge in [-0.2, -0.15) is 4.98 Å². The second-order valence-electron chi connectivity index (χ2n) is 8.63. The van der Waals surface area contributed by atoms with Gasteiger partial charge in [-0.25, -0.2) is 4.79 Å². The molecule has 0 aliphatic carbocycles. The molecule has 0 bridgehead atoms. The molecule has 9 heteroatoms. The fourth-order valence-corrected chi connectivity index (χ4v) is 4.97. The summed E-state index contributed by atoms with van der Waals surface area (Å²) in [6.45, 7) is 4.37. The number of anilines is 1. The molecule has 4 aromatic rings. The van der Waals surface area contributed by atoms with Crippen molar-refractivity contribution in [2.24, 2.45) is 13.0 Å². The molecule has 2 aromatic carbocycles. The first kappa shape index (κ1) is 21.8. The zero-order valence-electron chi connectivity index (χ0n) is 18.3. The Morgan fingerprint density at radius 1 is 1.03 bits per heavy atom. The van der Waals surface area contributed by atoms with Crippen molar-refractivity contribution in [2.45, 2.75) is 26.6 Å². The summed E-state index contributed by atoms with van der Waals surface area (Å²) in [6, 6.07) is 15.2. The second-order valence-corrected chi connectivity index (χ2v) is 9.48. The molecule has 0 amide bonds. The smallest absolute Gasteiger partial charge is 0.332 e. The van der Waals surface area contributed by atoms with Gasteiger partial charge in [-0.1, -0.05) is 66.5 Å². The SMILES string of the molecule is C[C@H]1CN(Cc2ccccc2)c2nc3c(c(=O)n(Cc4ccc(Cl)cc4Cl)c(=O)n3C)n2C1. The van der Waals surface area contributed by atoms with E-state index in [1.165, 1.54) is 9.13 Å². The van der Waals surface area contributed by atoms with E-state index in [4.69, 9.17) is 28.2 Å². The number of benzene rings is 2.